The quantitative estimate of drug-likeness (QED) is 0.320. The number of carbonyl (C=O) groups is 3. The van der Waals surface area contributed by atoms with E-state index in [1.165, 1.54) is 30.3 Å². The number of ketones is 1. The highest BCUT2D eigenvalue weighted by Gasteiger charge is 2.20. The van der Waals surface area contributed by atoms with Gasteiger partial charge in [0.1, 0.15) is 0 Å². The number of nitrogens with one attached hydrogen (secondary N) is 4. The first-order valence-electron chi connectivity index (χ1n) is 11.9. The Morgan fingerprint density at radius 3 is 2.16 bits per heavy atom. The Kier molecular flexibility index (Phi) is 8.32. The standard InChI is InChI=1S/C27H28N4O5S/c32-25(30-21-14-16-28-17-15-21)18-29-27(34)20-10-12-22(13-11-20)37(35,36)31-24-9-5-4-8-23(24)26(33)19-6-2-1-3-7-19/h1-13,21,28,31H,14-18H2,(H,29,34)(H,30,32). The van der Waals surface area contributed by atoms with Gasteiger partial charge in [0.2, 0.25) is 5.91 Å². The molecule has 4 N–H and O–H groups in total. The molecule has 10 heteroatoms. The number of sulfonamides is 1. The zero-order valence-electron chi connectivity index (χ0n) is 20.1. The van der Waals surface area contributed by atoms with Crippen molar-refractivity contribution in [1.82, 2.24) is 16.0 Å². The lowest BCUT2D eigenvalue weighted by molar-refractivity contribution is -0.121. The highest BCUT2D eigenvalue weighted by molar-refractivity contribution is 7.92. The van der Waals surface area contributed by atoms with E-state index in [0.29, 0.717) is 5.56 Å². The Bertz CT molecular complexity index is 1370. The van der Waals surface area contributed by atoms with Crippen LogP contribution in [0.5, 0.6) is 0 Å². The summed E-state index contributed by atoms with van der Waals surface area (Å²) in [5.74, 6) is -1.07. The van der Waals surface area contributed by atoms with E-state index in [1.54, 1.807) is 48.5 Å². The number of para-hydroxylation sites is 1. The van der Waals surface area contributed by atoms with Crippen molar-refractivity contribution in [3.05, 3.63) is 95.6 Å². The molecule has 0 aromatic heterocycles. The largest absolute Gasteiger partial charge is 0.352 e. The fourth-order valence-corrected chi connectivity index (χ4v) is 5.09. The molecule has 0 unspecified atom stereocenters. The van der Waals surface area contributed by atoms with Gasteiger partial charge < -0.3 is 16.0 Å². The molecule has 3 aromatic carbocycles. The van der Waals surface area contributed by atoms with Gasteiger partial charge in [-0.2, -0.15) is 0 Å². The first-order valence-corrected chi connectivity index (χ1v) is 13.4. The third-order valence-electron chi connectivity index (χ3n) is 5.99. The van der Waals surface area contributed by atoms with Gasteiger partial charge in [-0.1, -0.05) is 42.5 Å². The minimum atomic E-state index is -4.04. The van der Waals surface area contributed by atoms with Crippen LogP contribution in [0.1, 0.15) is 39.1 Å². The van der Waals surface area contributed by atoms with Crippen LogP contribution < -0.4 is 20.7 Å². The zero-order chi connectivity index (χ0) is 26.3. The fourth-order valence-electron chi connectivity index (χ4n) is 4.01. The molecule has 9 nitrogen and oxygen atoms in total. The van der Waals surface area contributed by atoms with Crippen LogP contribution in [0.4, 0.5) is 5.69 Å². The summed E-state index contributed by atoms with van der Waals surface area (Å²) in [4.78, 5) is 37.4. The Labute approximate surface area is 215 Å². The van der Waals surface area contributed by atoms with E-state index in [4.69, 9.17) is 0 Å². The Hall–Kier alpha value is -4.02. The summed E-state index contributed by atoms with van der Waals surface area (Å²) in [6, 6.07) is 20.4. The number of amides is 2. The fraction of sp³-hybridized carbons (Fsp3) is 0.222. The first-order chi connectivity index (χ1) is 17.8. The molecule has 0 saturated carbocycles. The number of piperidine rings is 1. The maximum Gasteiger partial charge on any atom is 0.261 e. The molecule has 1 heterocycles. The average molecular weight is 521 g/mol. The second-order valence-electron chi connectivity index (χ2n) is 8.65. The Morgan fingerprint density at radius 2 is 1.46 bits per heavy atom. The summed E-state index contributed by atoms with van der Waals surface area (Å²) in [5, 5.41) is 8.67. The van der Waals surface area contributed by atoms with Crippen LogP contribution in [0, 0.1) is 0 Å². The third kappa shape index (κ3) is 6.81. The van der Waals surface area contributed by atoms with E-state index < -0.39 is 15.9 Å². The predicted octanol–water partition coefficient (Wildman–Crippen LogP) is 2.32. The number of benzene rings is 3. The molecule has 0 spiro atoms. The highest BCUT2D eigenvalue weighted by Crippen LogP contribution is 2.23. The van der Waals surface area contributed by atoms with Gasteiger partial charge in [-0.15, -0.1) is 0 Å². The molecule has 4 rings (SSSR count). The summed E-state index contributed by atoms with van der Waals surface area (Å²) >= 11 is 0. The van der Waals surface area contributed by atoms with Crippen LogP contribution in [-0.2, 0) is 14.8 Å². The molecule has 1 saturated heterocycles. The molecular formula is C27H28N4O5S. The highest BCUT2D eigenvalue weighted by atomic mass is 32.2. The predicted molar refractivity (Wildman–Crippen MR) is 140 cm³/mol. The Morgan fingerprint density at radius 1 is 0.811 bits per heavy atom. The maximum absolute atomic E-state index is 13.0. The molecule has 3 aromatic rings. The van der Waals surface area contributed by atoms with Crippen molar-refractivity contribution in [1.29, 1.82) is 0 Å². The smallest absolute Gasteiger partial charge is 0.261 e. The summed E-state index contributed by atoms with van der Waals surface area (Å²) in [7, 11) is -4.04. The minimum absolute atomic E-state index is 0.0744. The summed E-state index contributed by atoms with van der Waals surface area (Å²) in [5.41, 5.74) is 1.02. The molecule has 192 valence electrons. The van der Waals surface area contributed by atoms with Gasteiger partial charge in [0, 0.05) is 22.7 Å². The van der Waals surface area contributed by atoms with E-state index in [-0.39, 0.29) is 46.0 Å². The van der Waals surface area contributed by atoms with Gasteiger partial charge in [-0.05, 0) is 62.3 Å². The normalized spacial score (nSPS) is 13.9. The summed E-state index contributed by atoms with van der Waals surface area (Å²) in [6.07, 6.45) is 1.68. The molecule has 0 bridgehead atoms. The van der Waals surface area contributed by atoms with Crippen LogP contribution in [0.2, 0.25) is 0 Å². The molecule has 0 atom stereocenters. The van der Waals surface area contributed by atoms with Gasteiger partial charge in [0.25, 0.3) is 15.9 Å². The van der Waals surface area contributed by atoms with Gasteiger partial charge >= 0.3 is 0 Å². The number of anilines is 1. The van der Waals surface area contributed by atoms with Crippen LogP contribution in [0.25, 0.3) is 0 Å². The second kappa shape index (κ2) is 11.8. The molecule has 0 radical (unpaired) electrons. The number of hydrogen-bond acceptors (Lipinski definition) is 6. The van der Waals surface area contributed by atoms with Gasteiger partial charge in [0.15, 0.2) is 5.78 Å². The van der Waals surface area contributed by atoms with Crippen LogP contribution in [0.15, 0.2) is 83.8 Å². The first kappa shape index (κ1) is 26.1. The molecule has 0 aliphatic carbocycles. The van der Waals surface area contributed by atoms with Crippen molar-refractivity contribution in [2.75, 3.05) is 24.4 Å². The van der Waals surface area contributed by atoms with Crippen molar-refractivity contribution in [3.63, 3.8) is 0 Å². The lowest BCUT2D eigenvalue weighted by atomic mass is 10.0. The van der Waals surface area contributed by atoms with Crippen LogP contribution >= 0.6 is 0 Å². The van der Waals surface area contributed by atoms with Crippen LogP contribution in [0.3, 0.4) is 0 Å². The van der Waals surface area contributed by atoms with E-state index in [0.717, 1.165) is 25.9 Å². The number of rotatable bonds is 9. The monoisotopic (exact) mass is 520 g/mol. The molecule has 1 aliphatic rings. The van der Waals surface area contributed by atoms with E-state index in [1.807, 2.05) is 0 Å². The third-order valence-corrected chi connectivity index (χ3v) is 7.37. The van der Waals surface area contributed by atoms with Crippen molar-refractivity contribution < 1.29 is 22.8 Å². The zero-order valence-corrected chi connectivity index (χ0v) is 20.9. The molecule has 1 fully saturated rings. The summed E-state index contributed by atoms with van der Waals surface area (Å²) < 4.78 is 28.5. The van der Waals surface area contributed by atoms with E-state index >= 15 is 0 Å². The topological polar surface area (TPSA) is 133 Å². The molecule has 2 amide bonds. The van der Waals surface area contributed by atoms with E-state index in [2.05, 4.69) is 20.7 Å². The lowest BCUT2D eigenvalue weighted by Crippen LogP contribution is -2.46. The molecular weight excluding hydrogens is 492 g/mol. The Balaban J connectivity index is 1.39. The number of carbonyl (C=O) groups excluding carboxylic acids is 3. The van der Waals surface area contributed by atoms with Crippen molar-refractivity contribution >= 4 is 33.3 Å². The van der Waals surface area contributed by atoms with E-state index in [9.17, 15) is 22.8 Å². The lowest BCUT2D eigenvalue weighted by Gasteiger charge is -2.23. The van der Waals surface area contributed by atoms with Crippen molar-refractivity contribution in [2.24, 2.45) is 0 Å². The van der Waals surface area contributed by atoms with Crippen molar-refractivity contribution in [2.45, 2.75) is 23.8 Å². The summed E-state index contributed by atoms with van der Waals surface area (Å²) in [6.45, 7) is 1.52. The second-order valence-corrected chi connectivity index (χ2v) is 10.3. The number of hydrogen-bond donors (Lipinski definition) is 4. The molecule has 1 aliphatic heterocycles. The van der Waals surface area contributed by atoms with Crippen LogP contribution in [-0.4, -0.2) is 51.7 Å². The van der Waals surface area contributed by atoms with Gasteiger partial charge in [0.05, 0.1) is 17.1 Å². The van der Waals surface area contributed by atoms with Crippen molar-refractivity contribution in [3.8, 4) is 0 Å². The van der Waals surface area contributed by atoms with Gasteiger partial charge in [-0.3, -0.25) is 19.1 Å². The maximum atomic E-state index is 13.0. The minimum Gasteiger partial charge on any atom is -0.352 e. The SMILES string of the molecule is O=C(CNC(=O)c1ccc(S(=O)(=O)Nc2ccccc2C(=O)c2ccccc2)cc1)NC1CCNCC1. The molecule has 37 heavy (non-hydrogen) atoms. The van der Waals surface area contributed by atoms with Gasteiger partial charge in [-0.25, -0.2) is 8.42 Å². The average Bonchev–Trinajstić information content (AvgIpc) is 2.92.